The summed E-state index contributed by atoms with van der Waals surface area (Å²) in [5.74, 6) is 0.540. The molecular formula is C15H16BrNO4. The summed E-state index contributed by atoms with van der Waals surface area (Å²) < 4.78 is 11.7. The number of halogens is 1. The largest absolute Gasteiger partial charge is 0.488 e. The molecule has 1 saturated heterocycles. The Labute approximate surface area is 131 Å². The minimum absolute atomic E-state index is 0.189. The normalized spacial score (nSPS) is 24.0. The molecule has 1 aromatic carbocycles. The van der Waals surface area contributed by atoms with Crippen molar-refractivity contribution in [3.05, 3.63) is 33.8 Å². The molecule has 0 aromatic heterocycles. The van der Waals surface area contributed by atoms with E-state index in [-0.39, 0.29) is 25.7 Å². The van der Waals surface area contributed by atoms with Gasteiger partial charge in [-0.15, -0.1) is 0 Å². The first-order chi connectivity index (χ1) is 10.1. The number of hydrogen-bond acceptors (Lipinski definition) is 4. The second-order valence-corrected chi connectivity index (χ2v) is 6.27. The molecule has 5 nitrogen and oxygen atoms in total. The maximum absolute atomic E-state index is 12.2. The van der Waals surface area contributed by atoms with Crippen LogP contribution in [0.15, 0.2) is 28.2 Å². The van der Waals surface area contributed by atoms with Gasteiger partial charge in [0.05, 0.1) is 12.2 Å². The Morgan fingerprint density at radius 3 is 3.10 bits per heavy atom. The minimum atomic E-state index is -0.952. The van der Waals surface area contributed by atoms with Crippen LogP contribution in [0.3, 0.4) is 0 Å². The van der Waals surface area contributed by atoms with E-state index < -0.39 is 5.60 Å². The molecule has 0 radical (unpaired) electrons. The topological polar surface area (TPSA) is 67.8 Å². The molecule has 1 amide bonds. The van der Waals surface area contributed by atoms with E-state index >= 15 is 0 Å². The molecule has 0 aliphatic carbocycles. The van der Waals surface area contributed by atoms with Crippen molar-refractivity contribution in [2.75, 3.05) is 26.4 Å². The molecule has 1 fully saturated rings. The molecule has 112 valence electrons. The van der Waals surface area contributed by atoms with E-state index in [9.17, 15) is 9.90 Å². The maximum Gasteiger partial charge on any atom is 0.250 e. The van der Waals surface area contributed by atoms with Crippen LogP contribution >= 0.6 is 15.9 Å². The highest BCUT2D eigenvalue weighted by atomic mass is 79.9. The number of carbonyl (C=O) groups is 1. The molecule has 0 saturated carbocycles. The summed E-state index contributed by atoms with van der Waals surface area (Å²) >= 11 is 3.40. The lowest BCUT2D eigenvalue weighted by Crippen LogP contribution is -2.44. The summed E-state index contributed by atoms with van der Waals surface area (Å²) in [4.78, 5) is 12.2. The van der Waals surface area contributed by atoms with Crippen LogP contribution in [0.4, 0.5) is 0 Å². The standard InChI is InChI=1S/C15H16BrNO4/c16-12-1-2-13-10(6-12)5-11(7-21-13)14(18)17-8-15(19)3-4-20-9-15/h1-2,5-6,19H,3-4,7-9H2,(H,17,18). The Morgan fingerprint density at radius 2 is 2.33 bits per heavy atom. The molecule has 6 heteroatoms. The van der Waals surface area contributed by atoms with E-state index in [0.29, 0.717) is 18.6 Å². The van der Waals surface area contributed by atoms with E-state index in [1.807, 2.05) is 24.3 Å². The molecule has 21 heavy (non-hydrogen) atoms. The van der Waals surface area contributed by atoms with Gasteiger partial charge in [-0.1, -0.05) is 15.9 Å². The Kier molecular flexibility index (Phi) is 4.01. The number of ether oxygens (including phenoxy) is 2. The predicted molar refractivity (Wildman–Crippen MR) is 81.0 cm³/mol. The first-order valence-electron chi connectivity index (χ1n) is 6.77. The van der Waals surface area contributed by atoms with E-state index in [2.05, 4.69) is 21.2 Å². The molecule has 3 rings (SSSR count). The number of nitrogens with one attached hydrogen (secondary N) is 1. The smallest absolute Gasteiger partial charge is 0.250 e. The highest BCUT2D eigenvalue weighted by molar-refractivity contribution is 9.10. The molecule has 1 unspecified atom stereocenters. The van der Waals surface area contributed by atoms with Crippen molar-refractivity contribution >= 4 is 27.9 Å². The summed E-state index contributed by atoms with van der Waals surface area (Å²) in [6, 6.07) is 5.66. The molecule has 0 spiro atoms. The predicted octanol–water partition coefficient (Wildman–Crippen LogP) is 1.49. The van der Waals surface area contributed by atoms with E-state index in [0.717, 1.165) is 15.8 Å². The summed E-state index contributed by atoms with van der Waals surface area (Å²) in [6.07, 6.45) is 2.35. The van der Waals surface area contributed by atoms with Gasteiger partial charge in [0.2, 0.25) is 0 Å². The molecule has 0 bridgehead atoms. The lowest BCUT2D eigenvalue weighted by atomic mass is 10.0. The second-order valence-electron chi connectivity index (χ2n) is 5.35. The Bertz CT molecular complexity index is 593. The molecule has 1 aromatic rings. The van der Waals surface area contributed by atoms with Gasteiger partial charge in [-0.3, -0.25) is 4.79 Å². The quantitative estimate of drug-likeness (QED) is 0.863. The van der Waals surface area contributed by atoms with Crippen molar-refractivity contribution in [3.63, 3.8) is 0 Å². The van der Waals surface area contributed by atoms with Crippen LogP contribution in [0.5, 0.6) is 5.75 Å². The minimum Gasteiger partial charge on any atom is -0.488 e. The van der Waals surface area contributed by atoms with Gasteiger partial charge in [-0.2, -0.15) is 0 Å². The SMILES string of the molecule is O=C(NCC1(O)CCOC1)C1=Cc2cc(Br)ccc2OC1. The number of benzene rings is 1. The highest BCUT2D eigenvalue weighted by Gasteiger charge is 2.33. The molecule has 2 aliphatic rings. The highest BCUT2D eigenvalue weighted by Crippen LogP contribution is 2.29. The van der Waals surface area contributed by atoms with E-state index in [1.54, 1.807) is 0 Å². The van der Waals surface area contributed by atoms with Gasteiger partial charge in [0.1, 0.15) is 18.0 Å². The van der Waals surface area contributed by atoms with Crippen molar-refractivity contribution in [3.8, 4) is 5.75 Å². The zero-order valence-corrected chi connectivity index (χ0v) is 13.0. The molecule has 2 heterocycles. The molecule has 2 N–H and O–H groups in total. The third-order valence-electron chi connectivity index (χ3n) is 3.64. The molecule has 1 atom stereocenters. The first-order valence-corrected chi connectivity index (χ1v) is 7.56. The monoisotopic (exact) mass is 353 g/mol. The van der Waals surface area contributed by atoms with Crippen LogP contribution in [0.2, 0.25) is 0 Å². The van der Waals surface area contributed by atoms with Crippen molar-refractivity contribution in [1.82, 2.24) is 5.32 Å². The van der Waals surface area contributed by atoms with Gasteiger partial charge >= 0.3 is 0 Å². The number of amides is 1. The number of hydrogen-bond donors (Lipinski definition) is 2. The van der Waals surface area contributed by atoms with Gasteiger partial charge < -0.3 is 19.9 Å². The van der Waals surface area contributed by atoms with Gasteiger partial charge in [0.15, 0.2) is 0 Å². The maximum atomic E-state index is 12.2. The third-order valence-corrected chi connectivity index (χ3v) is 4.13. The number of rotatable bonds is 3. The van der Waals surface area contributed by atoms with Crippen LogP contribution in [-0.2, 0) is 9.53 Å². The van der Waals surface area contributed by atoms with Crippen LogP contribution in [-0.4, -0.2) is 43.0 Å². The Hall–Kier alpha value is -1.37. The zero-order chi connectivity index (χ0) is 14.9. The average molecular weight is 354 g/mol. The van der Waals surface area contributed by atoms with Gasteiger partial charge in [-0.05, 0) is 24.3 Å². The van der Waals surface area contributed by atoms with Crippen LogP contribution < -0.4 is 10.1 Å². The summed E-state index contributed by atoms with van der Waals surface area (Å²) in [7, 11) is 0. The van der Waals surface area contributed by atoms with Gasteiger partial charge in [0, 0.05) is 29.6 Å². The first kappa shape index (κ1) is 14.6. The van der Waals surface area contributed by atoms with Gasteiger partial charge in [-0.25, -0.2) is 0 Å². The fraction of sp³-hybridized carbons (Fsp3) is 0.400. The van der Waals surface area contributed by atoms with Gasteiger partial charge in [0.25, 0.3) is 5.91 Å². The third kappa shape index (κ3) is 3.28. The molecule has 2 aliphatic heterocycles. The van der Waals surface area contributed by atoms with Crippen molar-refractivity contribution in [2.45, 2.75) is 12.0 Å². The number of carbonyl (C=O) groups excluding carboxylic acids is 1. The average Bonchev–Trinajstić information content (AvgIpc) is 2.91. The Morgan fingerprint density at radius 1 is 1.48 bits per heavy atom. The fourth-order valence-corrected chi connectivity index (χ4v) is 2.75. The van der Waals surface area contributed by atoms with E-state index in [1.165, 1.54) is 0 Å². The fourth-order valence-electron chi connectivity index (χ4n) is 2.37. The second kappa shape index (κ2) is 5.79. The van der Waals surface area contributed by atoms with E-state index in [4.69, 9.17) is 9.47 Å². The van der Waals surface area contributed by atoms with Crippen LogP contribution in [0, 0.1) is 0 Å². The van der Waals surface area contributed by atoms with Crippen molar-refractivity contribution in [2.24, 2.45) is 0 Å². The number of aliphatic hydroxyl groups is 1. The molecular weight excluding hydrogens is 338 g/mol. The van der Waals surface area contributed by atoms with Crippen LogP contribution in [0.25, 0.3) is 6.08 Å². The zero-order valence-electron chi connectivity index (χ0n) is 11.4. The van der Waals surface area contributed by atoms with Crippen molar-refractivity contribution in [1.29, 1.82) is 0 Å². The lowest BCUT2D eigenvalue weighted by molar-refractivity contribution is -0.119. The van der Waals surface area contributed by atoms with Crippen LogP contribution in [0.1, 0.15) is 12.0 Å². The summed E-state index contributed by atoms with van der Waals surface area (Å²) in [5, 5.41) is 12.9. The summed E-state index contributed by atoms with van der Waals surface area (Å²) in [5.41, 5.74) is 0.457. The Balaban J connectivity index is 1.68. The van der Waals surface area contributed by atoms with Crippen molar-refractivity contribution < 1.29 is 19.4 Å². The lowest BCUT2D eigenvalue weighted by Gasteiger charge is -2.22. The number of fused-ring (bicyclic) bond motifs is 1. The summed E-state index contributed by atoms with van der Waals surface area (Å²) in [6.45, 7) is 1.21.